The van der Waals surface area contributed by atoms with Crippen molar-refractivity contribution in [1.29, 1.82) is 0 Å². The summed E-state index contributed by atoms with van der Waals surface area (Å²) < 4.78 is 0. The number of imidazole rings is 1. The van der Waals surface area contributed by atoms with Crippen molar-refractivity contribution in [2.24, 2.45) is 5.73 Å². The van der Waals surface area contributed by atoms with Crippen LogP contribution in [-0.4, -0.2) is 38.6 Å². The molecular formula is C17H20N6S. The zero-order valence-corrected chi connectivity index (χ0v) is 14.4. The van der Waals surface area contributed by atoms with Gasteiger partial charge in [-0.15, -0.1) is 0 Å². The standard InChI is InChI=1S/C17H20N6S/c1-17(18)7-9-23(10-8-17)16-21-14-15(22-16)20-13(11-19-14)24-12-5-3-2-4-6-12/h2-6,11H,7-10,18H2,1H3,(H,19,20,21,22). The van der Waals surface area contributed by atoms with E-state index in [1.54, 1.807) is 18.0 Å². The summed E-state index contributed by atoms with van der Waals surface area (Å²) in [6.45, 7) is 3.91. The number of hydrogen-bond donors (Lipinski definition) is 2. The molecule has 1 fully saturated rings. The molecule has 0 saturated carbocycles. The Balaban J connectivity index is 1.55. The van der Waals surface area contributed by atoms with Gasteiger partial charge in [-0.3, -0.25) is 0 Å². The lowest BCUT2D eigenvalue weighted by atomic mass is 9.91. The van der Waals surface area contributed by atoms with Gasteiger partial charge in [0.2, 0.25) is 5.95 Å². The Kier molecular flexibility index (Phi) is 3.90. The van der Waals surface area contributed by atoms with Gasteiger partial charge in [-0.1, -0.05) is 30.0 Å². The Hall–Kier alpha value is -2.12. The van der Waals surface area contributed by atoms with E-state index in [1.807, 2.05) is 18.2 Å². The van der Waals surface area contributed by atoms with Gasteiger partial charge < -0.3 is 15.6 Å². The number of benzene rings is 1. The quantitative estimate of drug-likeness (QED) is 0.763. The molecule has 124 valence electrons. The highest BCUT2D eigenvalue weighted by molar-refractivity contribution is 7.99. The Morgan fingerprint density at radius 2 is 1.92 bits per heavy atom. The predicted molar refractivity (Wildman–Crippen MR) is 96.3 cm³/mol. The number of piperidine rings is 1. The number of nitrogens with one attached hydrogen (secondary N) is 1. The fourth-order valence-corrected chi connectivity index (χ4v) is 3.58. The molecule has 1 saturated heterocycles. The van der Waals surface area contributed by atoms with Gasteiger partial charge in [-0.25, -0.2) is 9.97 Å². The highest BCUT2D eigenvalue weighted by atomic mass is 32.2. The maximum absolute atomic E-state index is 6.20. The van der Waals surface area contributed by atoms with E-state index in [4.69, 9.17) is 5.73 Å². The molecule has 4 rings (SSSR count). The molecule has 24 heavy (non-hydrogen) atoms. The molecule has 1 aliphatic heterocycles. The Morgan fingerprint density at radius 3 is 2.67 bits per heavy atom. The van der Waals surface area contributed by atoms with Crippen molar-refractivity contribution in [2.45, 2.75) is 35.2 Å². The second-order valence-corrected chi connectivity index (χ2v) is 7.59. The average molecular weight is 340 g/mol. The molecule has 3 aromatic rings. The first-order valence-electron chi connectivity index (χ1n) is 8.09. The molecule has 7 heteroatoms. The lowest BCUT2D eigenvalue weighted by Gasteiger charge is -2.36. The first-order valence-corrected chi connectivity index (χ1v) is 8.90. The zero-order chi connectivity index (χ0) is 16.6. The van der Waals surface area contributed by atoms with Gasteiger partial charge in [-0.2, -0.15) is 4.98 Å². The van der Waals surface area contributed by atoms with Crippen LogP contribution < -0.4 is 10.6 Å². The minimum Gasteiger partial charge on any atom is -0.342 e. The van der Waals surface area contributed by atoms with E-state index >= 15 is 0 Å². The van der Waals surface area contributed by atoms with E-state index in [-0.39, 0.29) is 5.54 Å². The first kappa shape index (κ1) is 15.4. The molecule has 0 radical (unpaired) electrons. The molecule has 3 heterocycles. The number of nitrogens with zero attached hydrogens (tertiary/aromatic N) is 4. The summed E-state index contributed by atoms with van der Waals surface area (Å²) in [5, 5.41) is 0.858. The fourth-order valence-electron chi connectivity index (χ4n) is 2.80. The third-order valence-electron chi connectivity index (χ3n) is 4.34. The number of rotatable bonds is 3. The molecule has 0 amide bonds. The first-order chi connectivity index (χ1) is 11.6. The van der Waals surface area contributed by atoms with Crippen molar-refractivity contribution < 1.29 is 0 Å². The predicted octanol–water partition coefficient (Wildman–Crippen LogP) is 2.82. The number of H-pyrrole nitrogens is 1. The molecule has 0 aliphatic carbocycles. The molecule has 1 aromatic carbocycles. The van der Waals surface area contributed by atoms with Crippen LogP contribution in [0.3, 0.4) is 0 Å². The number of anilines is 1. The van der Waals surface area contributed by atoms with Crippen molar-refractivity contribution in [3.8, 4) is 0 Å². The largest absolute Gasteiger partial charge is 0.342 e. The maximum atomic E-state index is 6.20. The van der Waals surface area contributed by atoms with E-state index in [0.717, 1.165) is 47.4 Å². The topological polar surface area (TPSA) is 83.7 Å². The second kappa shape index (κ2) is 6.07. The zero-order valence-electron chi connectivity index (χ0n) is 13.6. The molecule has 0 unspecified atom stereocenters. The summed E-state index contributed by atoms with van der Waals surface area (Å²) in [5.74, 6) is 0.836. The molecule has 0 spiro atoms. The smallest absolute Gasteiger partial charge is 0.206 e. The summed E-state index contributed by atoms with van der Waals surface area (Å²) in [7, 11) is 0. The molecule has 0 atom stereocenters. The highest BCUT2D eigenvalue weighted by Gasteiger charge is 2.27. The Morgan fingerprint density at radius 1 is 1.17 bits per heavy atom. The van der Waals surface area contributed by atoms with Gasteiger partial charge in [0.1, 0.15) is 5.03 Å². The number of fused-ring (bicyclic) bond motifs is 1. The summed E-state index contributed by atoms with van der Waals surface area (Å²) in [6, 6.07) is 10.2. The van der Waals surface area contributed by atoms with Crippen LogP contribution in [0.4, 0.5) is 5.95 Å². The van der Waals surface area contributed by atoms with Gasteiger partial charge in [0.05, 0.1) is 6.20 Å². The minimum atomic E-state index is -0.0709. The third-order valence-corrected chi connectivity index (χ3v) is 5.26. The summed E-state index contributed by atoms with van der Waals surface area (Å²) in [4.78, 5) is 20.3. The number of aromatic amines is 1. The van der Waals surface area contributed by atoms with Crippen LogP contribution in [0.5, 0.6) is 0 Å². The van der Waals surface area contributed by atoms with E-state index in [0.29, 0.717) is 5.65 Å². The lowest BCUT2D eigenvalue weighted by Crippen LogP contribution is -2.48. The molecular weight excluding hydrogens is 320 g/mol. The number of aromatic nitrogens is 4. The van der Waals surface area contributed by atoms with Gasteiger partial charge in [0, 0.05) is 23.5 Å². The van der Waals surface area contributed by atoms with E-state index in [2.05, 4.69) is 43.9 Å². The second-order valence-electron chi connectivity index (χ2n) is 6.50. The van der Waals surface area contributed by atoms with Gasteiger partial charge in [0.15, 0.2) is 11.3 Å². The lowest BCUT2D eigenvalue weighted by molar-refractivity contribution is 0.362. The van der Waals surface area contributed by atoms with Crippen LogP contribution >= 0.6 is 11.8 Å². The molecule has 2 aromatic heterocycles. The SMILES string of the molecule is CC1(N)CCN(c2nc3ncc(Sc4ccccc4)nc3[nH]2)CC1. The van der Waals surface area contributed by atoms with Crippen LogP contribution in [0.15, 0.2) is 46.5 Å². The van der Waals surface area contributed by atoms with Crippen LogP contribution in [0.1, 0.15) is 19.8 Å². The molecule has 1 aliphatic rings. The average Bonchev–Trinajstić information content (AvgIpc) is 2.99. The number of hydrogen-bond acceptors (Lipinski definition) is 6. The van der Waals surface area contributed by atoms with Crippen molar-refractivity contribution in [3.05, 3.63) is 36.5 Å². The Labute approximate surface area is 144 Å². The van der Waals surface area contributed by atoms with Crippen molar-refractivity contribution in [1.82, 2.24) is 19.9 Å². The van der Waals surface area contributed by atoms with Crippen LogP contribution in [-0.2, 0) is 0 Å². The van der Waals surface area contributed by atoms with E-state index in [9.17, 15) is 0 Å². The maximum Gasteiger partial charge on any atom is 0.206 e. The van der Waals surface area contributed by atoms with Gasteiger partial charge in [-0.05, 0) is 31.9 Å². The van der Waals surface area contributed by atoms with Gasteiger partial charge >= 0.3 is 0 Å². The van der Waals surface area contributed by atoms with Crippen molar-refractivity contribution >= 4 is 29.0 Å². The summed E-state index contributed by atoms with van der Waals surface area (Å²) >= 11 is 1.60. The van der Waals surface area contributed by atoms with Crippen molar-refractivity contribution in [2.75, 3.05) is 18.0 Å². The third kappa shape index (κ3) is 3.22. The minimum absolute atomic E-state index is 0.0709. The normalized spacial score (nSPS) is 17.3. The van der Waals surface area contributed by atoms with Crippen LogP contribution in [0.2, 0.25) is 0 Å². The van der Waals surface area contributed by atoms with E-state index < -0.39 is 0 Å². The monoisotopic (exact) mass is 340 g/mol. The highest BCUT2D eigenvalue weighted by Crippen LogP contribution is 2.27. The number of nitrogens with two attached hydrogens (primary N) is 1. The summed E-state index contributed by atoms with van der Waals surface area (Å²) in [5.41, 5.74) is 7.52. The Bertz CT molecular complexity index is 835. The van der Waals surface area contributed by atoms with Crippen LogP contribution in [0, 0.1) is 0 Å². The molecule has 0 bridgehead atoms. The summed E-state index contributed by atoms with van der Waals surface area (Å²) in [6.07, 6.45) is 3.69. The fraction of sp³-hybridized carbons (Fsp3) is 0.353. The van der Waals surface area contributed by atoms with Gasteiger partial charge in [0.25, 0.3) is 0 Å². The van der Waals surface area contributed by atoms with Crippen LogP contribution in [0.25, 0.3) is 11.3 Å². The molecule has 3 N–H and O–H groups in total. The van der Waals surface area contributed by atoms with E-state index in [1.165, 1.54) is 0 Å². The molecule has 6 nitrogen and oxygen atoms in total. The van der Waals surface area contributed by atoms with Crippen molar-refractivity contribution in [3.63, 3.8) is 0 Å².